The van der Waals surface area contributed by atoms with Crippen molar-refractivity contribution in [2.45, 2.75) is 45.3 Å². The SMILES string of the molecule is Cc1cc(CN2Cc3ccnn3[C@H](CCOCC3CCOCC3)C2)n(C)n1. The van der Waals surface area contributed by atoms with Gasteiger partial charge in [-0.1, -0.05) is 0 Å². The highest BCUT2D eigenvalue weighted by atomic mass is 16.5. The van der Waals surface area contributed by atoms with Gasteiger partial charge in [-0.05, 0) is 44.2 Å². The minimum atomic E-state index is 0.368. The molecule has 2 aliphatic heterocycles. The van der Waals surface area contributed by atoms with Gasteiger partial charge in [-0.3, -0.25) is 14.3 Å². The fourth-order valence-electron chi connectivity index (χ4n) is 4.22. The van der Waals surface area contributed by atoms with Crippen LogP contribution in [0.15, 0.2) is 18.3 Å². The van der Waals surface area contributed by atoms with Crippen molar-refractivity contribution in [2.24, 2.45) is 13.0 Å². The highest BCUT2D eigenvalue weighted by Crippen LogP contribution is 2.25. The van der Waals surface area contributed by atoms with Crippen LogP contribution in [0.2, 0.25) is 0 Å². The Balaban J connectivity index is 1.32. The third kappa shape index (κ3) is 4.59. The second-order valence-corrected chi connectivity index (χ2v) is 7.91. The molecule has 0 aromatic carbocycles. The van der Waals surface area contributed by atoms with Gasteiger partial charge >= 0.3 is 0 Å². The third-order valence-corrected chi connectivity index (χ3v) is 5.73. The van der Waals surface area contributed by atoms with E-state index in [1.165, 1.54) is 11.4 Å². The molecule has 1 saturated heterocycles. The number of aromatic nitrogens is 4. The maximum Gasteiger partial charge on any atom is 0.0672 e. The molecular weight excluding hydrogens is 342 g/mol. The van der Waals surface area contributed by atoms with Crippen molar-refractivity contribution in [2.75, 3.05) is 33.0 Å². The van der Waals surface area contributed by atoms with Crippen LogP contribution in [0.1, 0.15) is 42.4 Å². The summed E-state index contributed by atoms with van der Waals surface area (Å²) in [7, 11) is 2.03. The highest BCUT2D eigenvalue weighted by Gasteiger charge is 2.26. The molecule has 2 aliphatic rings. The zero-order valence-corrected chi connectivity index (χ0v) is 16.5. The summed E-state index contributed by atoms with van der Waals surface area (Å²) in [6.07, 6.45) is 5.18. The molecule has 0 aliphatic carbocycles. The lowest BCUT2D eigenvalue weighted by molar-refractivity contribution is 0.0154. The summed E-state index contributed by atoms with van der Waals surface area (Å²) in [5, 5.41) is 9.05. The molecule has 1 fully saturated rings. The normalized spacial score (nSPS) is 21.5. The van der Waals surface area contributed by atoms with Crippen LogP contribution >= 0.6 is 0 Å². The monoisotopic (exact) mass is 373 g/mol. The van der Waals surface area contributed by atoms with E-state index in [1.54, 1.807) is 0 Å². The minimum absolute atomic E-state index is 0.368. The lowest BCUT2D eigenvalue weighted by atomic mass is 10.0. The van der Waals surface area contributed by atoms with Crippen LogP contribution in [0.4, 0.5) is 0 Å². The quantitative estimate of drug-likeness (QED) is 0.697. The summed E-state index contributed by atoms with van der Waals surface area (Å²) in [6.45, 7) is 8.32. The van der Waals surface area contributed by atoms with Gasteiger partial charge in [0.25, 0.3) is 0 Å². The Hall–Kier alpha value is -1.70. The molecule has 0 N–H and O–H groups in total. The summed E-state index contributed by atoms with van der Waals surface area (Å²) in [6, 6.07) is 4.68. The van der Waals surface area contributed by atoms with Gasteiger partial charge in [0.1, 0.15) is 0 Å². The van der Waals surface area contributed by atoms with Crippen LogP contribution in [0.25, 0.3) is 0 Å². The first-order valence-electron chi connectivity index (χ1n) is 10.1. The Morgan fingerprint density at radius 2 is 2.15 bits per heavy atom. The average molecular weight is 374 g/mol. The van der Waals surface area contributed by atoms with E-state index in [0.717, 1.165) is 71.0 Å². The largest absolute Gasteiger partial charge is 0.381 e. The maximum absolute atomic E-state index is 6.01. The number of rotatable bonds is 7. The fourth-order valence-corrected chi connectivity index (χ4v) is 4.22. The predicted octanol–water partition coefficient (Wildman–Crippen LogP) is 2.32. The molecule has 0 radical (unpaired) electrons. The van der Waals surface area contributed by atoms with Gasteiger partial charge in [0.2, 0.25) is 0 Å². The summed E-state index contributed by atoms with van der Waals surface area (Å²) < 4.78 is 15.6. The van der Waals surface area contributed by atoms with Crippen LogP contribution < -0.4 is 0 Å². The van der Waals surface area contributed by atoms with E-state index in [-0.39, 0.29) is 0 Å². The van der Waals surface area contributed by atoms with Crippen molar-refractivity contribution in [1.29, 1.82) is 0 Å². The van der Waals surface area contributed by atoms with Crippen LogP contribution in [0.5, 0.6) is 0 Å². The summed E-state index contributed by atoms with van der Waals surface area (Å²) in [4.78, 5) is 2.50. The van der Waals surface area contributed by atoms with Crippen molar-refractivity contribution in [3.63, 3.8) is 0 Å². The number of nitrogens with zero attached hydrogens (tertiary/aromatic N) is 5. The first-order valence-corrected chi connectivity index (χ1v) is 10.1. The molecular formula is C20H31N5O2. The molecule has 1 atom stereocenters. The van der Waals surface area contributed by atoms with Gasteiger partial charge in [0.15, 0.2) is 0 Å². The van der Waals surface area contributed by atoms with Crippen molar-refractivity contribution in [3.8, 4) is 0 Å². The molecule has 4 heterocycles. The van der Waals surface area contributed by atoms with E-state index in [9.17, 15) is 0 Å². The topological polar surface area (TPSA) is 57.3 Å². The zero-order chi connectivity index (χ0) is 18.6. The zero-order valence-electron chi connectivity index (χ0n) is 16.5. The van der Waals surface area contributed by atoms with Gasteiger partial charge in [-0.15, -0.1) is 0 Å². The lowest BCUT2D eigenvalue weighted by Gasteiger charge is -2.34. The number of hydrogen-bond donors (Lipinski definition) is 0. The van der Waals surface area contributed by atoms with E-state index < -0.39 is 0 Å². The molecule has 0 spiro atoms. The Labute approximate surface area is 161 Å². The van der Waals surface area contributed by atoms with E-state index in [4.69, 9.17) is 9.47 Å². The van der Waals surface area contributed by atoms with Gasteiger partial charge in [-0.2, -0.15) is 10.2 Å². The first-order chi connectivity index (χ1) is 13.2. The molecule has 2 aromatic rings. The molecule has 7 heteroatoms. The van der Waals surface area contributed by atoms with Crippen molar-refractivity contribution in [1.82, 2.24) is 24.5 Å². The predicted molar refractivity (Wildman–Crippen MR) is 102 cm³/mol. The average Bonchev–Trinajstić information content (AvgIpc) is 3.25. The van der Waals surface area contributed by atoms with Crippen LogP contribution in [0, 0.1) is 12.8 Å². The number of fused-ring (bicyclic) bond motifs is 1. The van der Waals surface area contributed by atoms with Gasteiger partial charge in [0.05, 0.1) is 23.1 Å². The van der Waals surface area contributed by atoms with Gasteiger partial charge < -0.3 is 9.47 Å². The fraction of sp³-hybridized carbons (Fsp3) is 0.700. The molecule has 2 aromatic heterocycles. The molecule has 0 bridgehead atoms. The van der Waals surface area contributed by atoms with Crippen LogP contribution in [-0.4, -0.2) is 57.4 Å². The molecule has 148 valence electrons. The second-order valence-electron chi connectivity index (χ2n) is 7.91. The summed E-state index contributed by atoms with van der Waals surface area (Å²) in [5.41, 5.74) is 3.62. The highest BCUT2D eigenvalue weighted by molar-refractivity contribution is 5.10. The lowest BCUT2D eigenvalue weighted by Crippen LogP contribution is -2.38. The third-order valence-electron chi connectivity index (χ3n) is 5.73. The van der Waals surface area contributed by atoms with E-state index in [1.807, 2.05) is 24.9 Å². The summed E-state index contributed by atoms with van der Waals surface area (Å²) >= 11 is 0. The van der Waals surface area contributed by atoms with Gasteiger partial charge in [0, 0.05) is 59.3 Å². The Bertz CT molecular complexity index is 735. The van der Waals surface area contributed by atoms with Gasteiger partial charge in [-0.25, -0.2) is 0 Å². The molecule has 27 heavy (non-hydrogen) atoms. The molecule has 7 nitrogen and oxygen atoms in total. The molecule has 0 unspecified atom stereocenters. The van der Waals surface area contributed by atoms with Crippen molar-refractivity contribution in [3.05, 3.63) is 35.4 Å². The van der Waals surface area contributed by atoms with E-state index >= 15 is 0 Å². The standard InChI is InChI=1S/C20H31N5O2/c1-16-11-20(23(2)22-16)14-24-12-18-3-7-21-25(18)19(13-24)6-10-27-15-17-4-8-26-9-5-17/h3,7,11,17,19H,4-6,8-10,12-15H2,1-2H3/t19-/m1/s1. The van der Waals surface area contributed by atoms with Crippen LogP contribution in [0.3, 0.4) is 0 Å². The molecule has 0 saturated carbocycles. The second kappa shape index (κ2) is 8.54. The maximum atomic E-state index is 6.01. The number of aryl methyl sites for hydroxylation is 2. The molecule has 0 amide bonds. The Morgan fingerprint density at radius 1 is 1.30 bits per heavy atom. The Morgan fingerprint density at radius 3 is 2.93 bits per heavy atom. The summed E-state index contributed by atoms with van der Waals surface area (Å²) in [5.74, 6) is 0.662. The smallest absolute Gasteiger partial charge is 0.0672 e. The number of ether oxygens (including phenoxy) is 2. The van der Waals surface area contributed by atoms with E-state index in [0.29, 0.717) is 12.0 Å². The van der Waals surface area contributed by atoms with Crippen molar-refractivity contribution >= 4 is 0 Å². The first kappa shape index (κ1) is 18.7. The minimum Gasteiger partial charge on any atom is -0.381 e. The van der Waals surface area contributed by atoms with Crippen LogP contribution in [-0.2, 0) is 29.6 Å². The van der Waals surface area contributed by atoms with Crippen molar-refractivity contribution < 1.29 is 9.47 Å². The number of hydrogen-bond acceptors (Lipinski definition) is 5. The molecule has 4 rings (SSSR count). The Kier molecular flexibility index (Phi) is 5.90. The van der Waals surface area contributed by atoms with E-state index in [2.05, 4.69) is 31.9 Å².